The summed E-state index contributed by atoms with van der Waals surface area (Å²) >= 11 is 0. The molecule has 0 bridgehead atoms. The predicted octanol–water partition coefficient (Wildman–Crippen LogP) is 0.626. The Morgan fingerprint density at radius 2 is 2.26 bits per heavy atom. The van der Waals surface area contributed by atoms with Gasteiger partial charge in [-0.25, -0.2) is 4.98 Å². The number of carbonyl (C=O) groups excluding carboxylic acids is 1. The number of aryl methyl sites for hydroxylation is 1. The topological polar surface area (TPSA) is 96.7 Å². The lowest BCUT2D eigenvalue weighted by atomic mass is 10.2. The van der Waals surface area contributed by atoms with Crippen molar-refractivity contribution in [2.24, 2.45) is 5.73 Å². The molecule has 0 saturated carbocycles. The van der Waals surface area contributed by atoms with E-state index in [0.29, 0.717) is 24.3 Å². The van der Waals surface area contributed by atoms with Gasteiger partial charge in [-0.15, -0.1) is 0 Å². The molecule has 2 aromatic heterocycles. The van der Waals surface area contributed by atoms with Crippen molar-refractivity contribution in [1.82, 2.24) is 20.3 Å². The molecule has 4 N–H and O–H groups in total. The maximum Gasteiger partial charge on any atom is 0.251 e. The quantitative estimate of drug-likeness (QED) is 0.663. The first-order valence-electron chi connectivity index (χ1n) is 6.21. The number of aromatic nitrogens is 3. The molecule has 0 spiro atoms. The third-order valence-electron chi connectivity index (χ3n) is 2.72. The first-order chi connectivity index (χ1) is 9.29. The smallest absolute Gasteiger partial charge is 0.251 e. The highest BCUT2D eigenvalue weighted by Gasteiger charge is 2.05. The van der Waals surface area contributed by atoms with E-state index < -0.39 is 0 Å². The Labute approximate surface area is 111 Å². The average Bonchev–Trinajstić information content (AvgIpc) is 2.96. The Hall–Kier alpha value is -2.21. The molecular weight excluding hydrogens is 242 g/mol. The van der Waals surface area contributed by atoms with Crippen LogP contribution >= 0.6 is 0 Å². The Morgan fingerprint density at radius 1 is 1.37 bits per heavy atom. The highest BCUT2D eigenvalue weighted by Crippen LogP contribution is 2.01. The minimum atomic E-state index is -0.100. The molecular formula is C13H17N5O. The molecule has 0 unspecified atom stereocenters. The zero-order valence-electron chi connectivity index (χ0n) is 10.6. The number of imidazole rings is 1. The molecule has 0 aromatic carbocycles. The number of pyridine rings is 1. The fourth-order valence-corrected chi connectivity index (χ4v) is 1.73. The minimum Gasteiger partial charge on any atom is -0.352 e. The standard InChI is InChI=1S/C13H17N5O/c14-9-11-8-10(3-5-15-11)13(19)18-4-1-2-12-16-6-7-17-12/h3,5-8H,1-2,4,9,14H2,(H,16,17)(H,18,19). The Bertz CT molecular complexity index is 524. The van der Waals surface area contributed by atoms with E-state index in [0.717, 1.165) is 18.7 Å². The van der Waals surface area contributed by atoms with E-state index in [1.165, 1.54) is 0 Å². The lowest BCUT2D eigenvalue weighted by Crippen LogP contribution is -2.25. The molecule has 100 valence electrons. The van der Waals surface area contributed by atoms with Gasteiger partial charge in [0.1, 0.15) is 5.82 Å². The molecule has 2 rings (SSSR count). The molecule has 6 nitrogen and oxygen atoms in total. The van der Waals surface area contributed by atoms with Crippen molar-refractivity contribution in [3.63, 3.8) is 0 Å². The van der Waals surface area contributed by atoms with Crippen molar-refractivity contribution >= 4 is 5.91 Å². The van der Waals surface area contributed by atoms with Gasteiger partial charge in [-0.1, -0.05) is 0 Å². The Kier molecular flexibility index (Phi) is 4.63. The van der Waals surface area contributed by atoms with Gasteiger partial charge in [-0.05, 0) is 18.6 Å². The van der Waals surface area contributed by atoms with Crippen molar-refractivity contribution in [3.8, 4) is 0 Å². The number of H-pyrrole nitrogens is 1. The highest BCUT2D eigenvalue weighted by atomic mass is 16.1. The summed E-state index contributed by atoms with van der Waals surface area (Å²) in [4.78, 5) is 23.1. The van der Waals surface area contributed by atoms with Crippen LogP contribution in [0.5, 0.6) is 0 Å². The summed E-state index contributed by atoms with van der Waals surface area (Å²) in [5.41, 5.74) is 6.79. The molecule has 1 amide bonds. The van der Waals surface area contributed by atoms with E-state index in [-0.39, 0.29) is 5.91 Å². The summed E-state index contributed by atoms with van der Waals surface area (Å²) in [6.07, 6.45) is 6.77. The van der Waals surface area contributed by atoms with E-state index in [2.05, 4.69) is 20.3 Å². The molecule has 6 heteroatoms. The zero-order valence-corrected chi connectivity index (χ0v) is 10.6. The number of nitrogens with one attached hydrogen (secondary N) is 2. The number of nitrogens with two attached hydrogens (primary N) is 1. The van der Waals surface area contributed by atoms with Crippen LogP contribution in [0.2, 0.25) is 0 Å². The summed E-state index contributed by atoms with van der Waals surface area (Å²) in [7, 11) is 0. The van der Waals surface area contributed by atoms with Crippen LogP contribution in [0, 0.1) is 0 Å². The summed E-state index contributed by atoms with van der Waals surface area (Å²) in [5.74, 6) is 0.833. The monoisotopic (exact) mass is 259 g/mol. The second-order valence-electron chi connectivity index (χ2n) is 4.14. The molecule has 2 aromatic rings. The molecule has 0 radical (unpaired) electrons. The number of rotatable bonds is 6. The molecule has 0 saturated heterocycles. The van der Waals surface area contributed by atoms with Gasteiger partial charge >= 0.3 is 0 Å². The first-order valence-corrected chi connectivity index (χ1v) is 6.21. The van der Waals surface area contributed by atoms with Gasteiger partial charge in [0.2, 0.25) is 0 Å². The maximum atomic E-state index is 11.9. The number of carbonyl (C=O) groups is 1. The third kappa shape index (κ3) is 3.89. The SMILES string of the molecule is NCc1cc(C(=O)NCCCc2ncc[nH]2)ccn1. The number of hydrogen-bond acceptors (Lipinski definition) is 4. The van der Waals surface area contributed by atoms with E-state index in [1.54, 1.807) is 30.7 Å². The number of amides is 1. The highest BCUT2D eigenvalue weighted by molar-refractivity contribution is 5.94. The van der Waals surface area contributed by atoms with E-state index >= 15 is 0 Å². The second-order valence-corrected chi connectivity index (χ2v) is 4.14. The van der Waals surface area contributed by atoms with Gasteiger partial charge in [0.15, 0.2) is 0 Å². The van der Waals surface area contributed by atoms with Crippen LogP contribution in [0.3, 0.4) is 0 Å². The van der Waals surface area contributed by atoms with Gasteiger partial charge in [0.05, 0.1) is 5.69 Å². The van der Waals surface area contributed by atoms with Crippen LogP contribution < -0.4 is 11.1 Å². The molecule has 0 aliphatic carbocycles. The van der Waals surface area contributed by atoms with E-state index in [4.69, 9.17) is 5.73 Å². The zero-order chi connectivity index (χ0) is 13.5. The van der Waals surface area contributed by atoms with E-state index in [1.807, 2.05) is 0 Å². The van der Waals surface area contributed by atoms with Crippen molar-refractivity contribution in [2.75, 3.05) is 6.54 Å². The fraction of sp³-hybridized carbons (Fsp3) is 0.308. The summed E-state index contributed by atoms with van der Waals surface area (Å²) < 4.78 is 0. The van der Waals surface area contributed by atoms with Crippen molar-refractivity contribution in [3.05, 3.63) is 47.8 Å². The van der Waals surface area contributed by atoms with Crippen LogP contribution in [0.15, 0.2) is 30.7 Å². The number of hydrogen-bond donors (Lipinski definition) is 3. The van der Waals surface area contributed by atoms with Crippen LogP contribution in [0.25, 0.3) is 0 Å². The lowest BCUT2D eigenvalue weighted by molar-refractivity contribution is 0.0953. The average molecular weight is 259 g/mol. The van der Waals surface area contributed by atoms with Crippen molar-refractivity contribution in [1.29, 1.82) is 0 Å². The summed E-state index contributed by atoms with van der Waals surface area (Å²) in [6, 6.07) is 3.39. The van der Waals surface area contributed by atoms with E-state index in [9.17, 15) is 4.79 Å². The molecule has 2 heterocycles. The van der Waals surface area contributed by atoms with Crippen LogP contribution in [0.4, 0.5) is 0 Å². The van der Waals surface area contributed by atoms with Crippen molar-refractivity contribution in [2.45, 2.75) is 19.4 Å². The van der Waals surface area contributed by atoms with Gasteiger partial charge in [0, 0.05) is 43.7 Å². The van der Waals surface area contributed by atoms with Crippen LogP contribution in [-0.2, 0) is 13.0 Å². The van der Waals surface area contributed by atoms with Crippen molar-refractivity contribution < 1.29 is 4.79 Å². The predicted molar refractivity (Wildman–Crippen MR) is 71.4 cm³/mol. The van der Waals surface area contributed by atoms with Gasteiger partial charge < -0.3 is 16.0 Å². The first kappa shape index (κ1) is 13.2. The Balaban J connectivity index is 1.77. The maximum absolute atomic E-state index is 11.9. The summed E-state index contributed by atoms with van der Waals surface area (Å²) in [6.45, 7) is 0.944. The fourth-order valence-electron chi connectivity index (χ4n) is 1.73. The Morgan fingerprint density at radius 3 is 3.00 bits per heavy atom. The van der Waals surface area contributed by atoms with Crippen LogP contribution in [-0.4, -0.2) is 27.4 Å². The van der Waals surface area contributed by atoms with Gasteiger partial charge in [-0.3, -0.25) is 9.78 Å². The van der Waals surface area contributed by atoms with Gasteiger partial charge in [-0.2, -0.15) is 0 Å². The number of nitrogens with zero attached hydrogens (tertiary/aromatic N) is 2. The largest absolute Gasteiger partial charge is 0.352 e. The van der Waals surface area contributed by atoms with Crippen LogP contribution in [0.1, 0.15) is 28.3 Å². The molecule has 0 aliphatic rings. The third-order valence-corrected chi connectivity index (χ3v) is 2.72. The molecule has 0 fully saturated rings. The normalized spacial score (nSPS) is 10.4. The lowest BCUT2D eigenvalue weighted by Gasteiger charge is -2.05. The molecule has 0 atom stereocenters. The minimum absolute atomic E-state index is 0.100. The number of aromatic amines is 1. The summed E-state index contributed by atoms with van der Waals surface area (Å²) in [5, 5.41) is 2.86. The molecule has 19 heavy (non-hydrogen) atoms. The molecule has 0 aliphatic heterocycles. The second kappa shape index (κ2) is 6.65. The van der Waals surface area contributed by atoms with Gasteiger partial charge in [0.25, 0.3) is 5.91 Å².